The van der Waals surface area contributed by atoms with Crippen molar-refractivity contribution in [1.29, 1.82) is 0 Å². The average Bonchev–Trinajstić information content (AvgIpc) is 2.70. The molecule has 1 amide bonds. The molecule has 0 unspecified atom stereocenters. The number of non-ortho nitro benzene ring substituents is 1. The van der Waals surface area contributed by atoms with Gasteiger partial charge in [0.1, 0.15) is 5.75 Å². The standard InChI is InChI=1S/C17H15N3O9/c1-27-17(22)10-28-13-4-2-3-11(7-13)18-16(21)9-29-15-6-5-12(19(23)24)8-14(15)20(25)26/h2-8H,9-10H2,1H3,(H,18,21). The molecule has 2 rings (SSSR count). The number of amides is 1. The van der Waals surface area contributed by atoms with Crippen LogP contribution in [-0.4, -0.2) is 42.0 Å². The monoisotopic (exact) mass is 405 g/mol. The van der Waals surface area contributed by atoms with Gasteiger partial charge in [-0.05, 0) is 18.2 Å². The number of nitro benzene ring substituents is 2. The summed E-state index contributed by atoms with van der Waals surface area (Å²) in [6, 6.07) is 8.97. The van der Waals surface area contributed by atoms with E-state index in [9.17, 15) is 29.8 Å². The second-order valence-electron chi connectivity index (χ2n) is 5.40. The van der Waals surface area contributed by atoms with E-state index < -0.39 is 39.7 Å². The van der Waals surface area contributed by atoms with Crippen LogP contribution in [0.15, 0.2) is 42.5 Å². The summed E-state index contributed by atoms with van der Waals surface area (Å²) in [6.07, 6.45) is 0. The lowest BCUT2D eigenvalue weighted by Gasteiger charge is -2.09. The van der Waals surface area contributed by atoms with E-state index in [1.165, 1.54) is 13.2 Å². The van der Waals surface area contributed by atoms with E-state index in [0.29, 0.717) is 11.4 Å². The molecule has 1 N–H and O–H groups in total. The molecule has 0 aliphatic rings. The number of carbonyl (C=O) groups is 2. The van der Waals surface area contributed by atoms with Crippen molar-refractivity contribution < 1.29 is 33.6 Å². The fourth-order valence-corrected chi connectivity index (χ4v) is 2.09. The molecule has 2 aromatic rings. The first kappa shape index (κ1) is 21.1. The highest BCUT2D eigenvalue weighted by Gasteiger charge is 2.21. The van der Waals surface area contributed by atoms with E-state index in [-0.39, 0.29) is 12.4 Å². The van der Waals surface area contributed by atoms with E-state index >= 15 is 0 Å². The Bertz CT molecular complexity index is 945. The Morgan fingerprint density at radius 1 is 1.00 bits per heavy atom. The number of anilines is 1. The Morgan fingerprint density at radius 3 is 2.41 bits per heavy atom. The first-order valence-corrected chi connectivity index (χ1v) is 7.95. The largest absolute Gasteiger partial charge is 0.482 e. The smallest absolute Gasteiger partial charge is 0.343 e. The lowest BCUT2D eigenvalue weighted by atomic mass is 10.2. The fraction of sp³-hybridized carbons (Fsp3) is 0.176. The van der Waals surface area contributed by atoms with Crippen molar-refractivity contribution >= 4 is 28.9 Å². The minimum atomic E-state index is -0.845. The van der Waals surface area contributed by atoms with Gasteiger partial charge < -0.3 is 19.5 Å². The van der Waals surface area contributed by atoms with Crippen LogP contribution in [0, 0.1) is 20.2 Å². The molecular formula is C17H15N3O9. The summed E-state index contributed by atoms with van der Waals surface area (Å²) >= 11 is 0. The molecule has 0 aliphatic carbocycles. The zero-order valence-corrected chi connectivity index (χ0v) is 15.0. The fourth-order valence-electron chi connectivity index (χ4n) is 2.09. The molecule has 0 fully saturated rings. The molecule has 0 aromatic heterocycles. The van der Waals surface area contributed by atoms with Crippen molar-refractivity contribution in [2.24, 2.45) is 0 Å². The Kier molecular flexibility index (Phi) is 7.01. The average molecular weight is 405 g/mol. The number of nitrogens with zero attached hydrogens (tertiary/aromatic N) is 2. The highest BCUT2D eigenvalue weighted by atomic mass is 16.6. The van der Waals surface area contributed by atoms with Gasteiger partial charge in [0.2, 0.25) is 0 Å². The van der Waals surface area contributed by atoms with Gasteiger partial charge in [-0.15, -0.1) is 0 Å². The van der Waals surface area contributed by atoms with Crippen LogP contribution >= 0.6 is 0 Å². The lowest BCUT2D eigenvalue weighted by Crippen LogP contribution is -2.20. The normalized spacial score (nSPS) is 9.97. The number of esters is 1. The van der Waals surface area contributed by atoms with Crippen molar-refractivity contribution in [2.75, 3.05) is 25.6 Å². The first-order valence-electron chi connectivity index (χ1n) is 7.95. The van der Waals surface area contributed by atoms with Gasteiger partial charge in [0, 0.05) is 17.8 Å². The summed E-state index contributed by atoms with van der Waals surface area (Å²) < 4.78 is 14.8. The van der Waals surface area contributed by atoms with E-state index in [1.807, 2.05) is 0 Å². The summed E-state index contributed by atoms with van der Waals surface area (Å²) in [4.78, 5) is 43.3. The summed E-state index contributed by atoms with van der Waals surface area (Å²) in [5.74, 6) is -1.19. The number of ether oxygens (including phenoxy) is 3. The number of nitrogens with one attached hydrogen (secondary N) is 1. The van der Waals surface area contributed by atoms with E-state index in [0.717, 1.165) is 18.2 Å². The van der Waals surface area contributed by atoms with Crippen molar-refractivity contribution in [1.82, 2.24) is 0 Å². The molecular weight excluding hydrogens is 390 g/mol. The maximum atomic E-state index is 12.0. The Balaban J connectivity index is 1.99. The van der Waals surface area contributed by atoms with Crippen LogP contribution in [0.3, 0.4) is 0 Å². The maximum absolute atomic E-state index is 12.0. The van der Waals surface area contributed by atoms with Gasteiger partial charge in [-0.3, -0.25) is 25.0 Å². The third kappa shape index (κ3) is 6.16. The molecule has 152 valence electrons. The Morgan fingerprint density at radius 2 is 1.76 bits per heavy atom. The van der Waals surface area contributed by atoms with Crippen molar-refractivity contribution in [3.05, 3.63) is 62.7 Å². The molecule has 0 bridgehead atoms. The van der Waals surface area contributed by atoms with Gasteiger partial charge in [-0.2, -0.15) is 0 Å². The number of benzene rings is 2. The van der Waals surface area contributed by atoms with Gasteiger partial charge in [0.25, 0.3) is 11.6 Å². The predicted octanol–water partition coefficient (Wildman–Crippen LogP) is 2.07. The molecule has 12 heteroatoms. The molecule has 0 radical (unpaired) electrons. The van der Waals surface area contributed by atoms with Gasteiger partial charge in [0.05, 0.1) is 23.0 Å². The SMILES string of the molecule is COC(=O)COc1cccc(NC(=O)COc2ccc([N+](=O)[O-])cc2[N+](=O)[O-])c1. The van der Waals surface area contributed by atoms with E-state index in [4.69, 9.17) is 9.47 Å². The third-order valence-corrected chi connectivity index (χ3v) is 3.41. The van der Waals surface area contributed by atoms with Crippen LogP contribution in [0.1, 0.15) is 0 Å². The maximum Gasteiger partial charge on any atom is 0.343 e. The second kappa shape index (κ2) is 9.64. The van der Waals surface area contributed by atoms with Crippen LogP contribution in [0.5, 0.6) is 11.5 Å². The van der Waals surface area contributed by atoms with Gasteiger partial charge in [-0.1, -0.05) is 6.07 Å². The molecule has 0 saturated carbocycles. The molecule has 0 aliphatic heterocycles. The Labute approximate surface area is 163 Å². The van der Waals surface area contributed by atoms with Gasteiger partial charge in [-0.25, -0.2) is 4.79 Å². The minimum absolute atomic E-state index is 0.286. The minimum Gasteiger partial charge on any atom is -0.482 e. The predicted molar refractivity (Wildman–Crippen MR) is 97.8 cm³/mol. The van der Waals surface area contributed by atoms with Crippen LogP contribution in [0.4, 0.5) is 17.1 Å². The van der Waals surface area contributed by atoms with Crippen molar-refractivity contribution in [3.8, 4) is 11.5 Å². The molecule has 2 aromatic carbocycles. The number of carbonyl (C=O) groups excluding carboxylic acids is 2. The van der Waals surface area contributed by atoms with E-state index in [1.54, 1.807) is 18.2 Å². The summed E-state index contributed by atoms with van der Waals surface area (Å²) in [6.45, 7) is -0.882. The molecule has 12 nitrogen and oxygen atoms in total. The molecule has 0 spiro atoms. The molecule has 0 atom stereocenters. The number of nitro groups is 2. The summed E-state index contributed by atoms with van der Waals surface area (Å²) in [5.41, 5.74) is -0.776. The highest BCUT2D eigenvalue weighted by molar-refractivity contribution is 5.92. The van der Waals surface area contributed by atoms with Crippen LogP contribution in [0.25, 0.3) is 0 Å². The number of hydrogen-bond acceptors (Lipinski definition) is 9. The number of methoxy groups -OCH3 is 1. The van der Waals surface area contributed by atoms with Crippen LogP contribution in [-0.2, 0) is 14.3 Å². The number of hydrogen-bond donors (Lipinski definition) is 1. The summed E-state index contributed by atoms with van der Waals surface area (Å²) in [5, 5.41) is 24.3. The first-order chi connectivity index (χ1) is 13.8. The second-order valence-corrected chi connectivity index (χ2v) is 5.40. The third-order valence-electron chi connectivity index (χ3n) is 3.41. The van der Waals surface area contributed by atoms with Crippen LogP contribution in [0.2, 0.25) is 0 Å². The van der Waals surface area contributed by atoms with E-state index in [2.05, 4.69) is 10.1 Å². The van der Waals surface area contributed by atoms with Gasteiger partial charge >= 0.3 is 11.7 Å². The Hall–Kier alpha value is -4.22. The quantitative estimate of drug-likeness (QED) is 0.374. The van der Waals surface area contributed by atoms with Gasteiger partial charge in [0.15, 0.2) is 19.0 Å². The number of rotatable bonds is 9. The molecule has 29 heavy (non-hydrogen) atoms. The van der Waals surface area contributed by atoms with Crippen LogP contribution < -0.4 is 14.8 Å². The summed E-state index contributed by atoms with van der Waals surface area (Å²) in [7, 11) is 1.22. The highest BCUT2D eigenvalue weighted by Crippen LogP contribution is 2.31. The topological polar surface area (TPSA) is 160 Å². The zero-order valence-electron chi connectivity index (χ0n) is 15.0. The molecule has 0 heterocycles. The van der Waals surface area contributed by atoms with Crippen molar-refractivity contribution in [2.45, 2.75) is 0 Å². The molecule has 0 saturated heterocycles. The lowest BCUT2D eigenvalue weighted by molar-refractivity contribution is -0.394. The van der Waals surface area contributed by atoms with Crippen molar-refractivity contribution in [3.63, 3.8) is 0 Å². The zero-order chi connectivity index (χ0) is 21.4.